The van der Waals surface area contributed by atoms with Crippen molar-refractivity contribution in [2.24, 2.45) is 0 Å². The first-order chi connectivity index (χ1) is 4.46. The second-order valence-electron chi connectivity index (χ2n) is 1.31. The number of rotatable bonds is 2. The number of aliphatic hydroxyl groups is 2. The summed E-state index contributed by atoms with van der Waals surface area (Å²) in [6, 6.07) is 0. The molecule has 0 fully saturated rings. The van der Waals surface area contributed by atoms with E-state index in [1.165, 1.54) is 0 Å². The van der Waals surface area contributed by atoms with E-state index in [2.05, 4.69) is 0 Å². The molecule has 0 aliphatic heterocycles. The van der Waals surface area contributed by atoms with E-state index in [4.69, 9.17) is 20.4 Å². The van der Waals surface area contributed by atoms with E-state index < -0.39 is 23.5 Å². The number of carbonyl (C=O) groups is 2. The SMILES string of the molecule is O=C(O)/C(O)=C(\O)C(=O)O. The summed E-state index contributed by atoms with van der Waals surface area (Å²) in [5.41, 5.74) is 0. The number of aliphatic hydroxyl groups excluding tert-OH is 2. The van der Waals surface area contributed by atoms with E-state index in [-0.39, 0.29) is 0 Å². The van der Waals surface area contributed by atoms with Crippen molar-refractivity contribution in [1.29, 1.82) is 0 Å². The molecule has 0 heterocycles. The van der Waals surface area contributed by atoms with Gasteiger partial charge in [-0.1, -0.05) is 0 Å². The zero-order chi connectivity index (χ0) is 8.31. The molecule has 0 radical (unpaired) electrons. The first-order valence-electron chi connectivity index (χ1n) is 2.05. The van der Waals surface area contributed by atoms with Gasteiger partial charge in [0.1, 0.15) is 0 Å². The van der Waals surface area contributed by atoms with Crippen LogP contribution in [0.5, 0.6) is 0 Å². The fraction of sp³-hybridized carbons (Fsp3) is 0. The van der Waals surface area contributed by atoms with E-state index >= 15 is 0 Å². The van der Waals surface area contributed by atoms with E-state index in [1.807, 2.05) is 0 Å². The minimum absolute atomic E-state index is 1.58. The first kappa shape index (κ1) is 8.28. The van der Waals surface area contributed by atoms with Gasteiger partial charge in [0.25, 0.3) is 11.5 Å². The largest absolute Gasteiger partial charge is 0.499 e. The molecule has 0 aromatic rings. The van der Waals surface area contributed by atoms with Crippen LogP contribution in [-0.4, -0.2) is 32.4 Å². The maximum absolute atomic E-state index is 9.71. The van der Waals surface area contributed by atoms with Crippen LogP contribution in [0.2, 0.25) is 0 Å². The molecular formula is C4H4O6. The highest BCUT2D eigenvalue weighted by Gasteiger charge is 2.17. The van der Waals surface area contributed by atoms with Crippen LogP contribution in [0.4, 0.5) is 0 Å². The zero-order valence-electron chi connectivity index (χ0n) is 4.61. The van der Waals surface area contributed by atoms with Crippen LogP contribution in [0, 0.1) is 0 Å². The second-order valence-corrected chi connectivity index (χ2v) is 1.31. The molecule has 0 bridgehead atoms. The van der Waals surface area contributed by atoms with Gasteiger partial charge in [0, 0.05) is 0 Å². The minimum Gasteiger partial charge on any atom is -0.499 e. The Bertz CT molecular complexity index is 180. The molecule has 0 saturated heterocycles. The molecule has 10 heavy (non-hydrogen) atoms. The van der Waals surface area contributed by atoms with Crippen LogP contribution in [0.1, 0.15) is 0 Å². The second kappa shape index (κ2) is 2.72. The van der Waals surface area contributed by atoms with Gasteiger partial charge in [0.05, 0.1) is 0 Å². The molecule has 0 amide bonds. The van der Waals surface area contributed by atoms with Crippen LogP contribution in [0.15, 0.2) is 11.5 Å². The maximum atomic E-state index is 9.71. The average Bonchev–Trinajstić information content (AvgIpc) is 1.84. The third-order valence-corrected chi connectivity index (χ3v) is 0.629. The van der Waals surface area contributed by atoms with Crippen molar-refractivity contribution in [3.8, 4) is 0 Å². The van der Waals surface area contributed by atoms with Gasteiger partial charge in [0.15, 0.2) is 0 Å². The predicted octanol–water partition coefficient (Wildman–Crippen LogP) is -0.517. The highest BCUT2D eigenvalue weighted by atomic mass is 16.4. The monoisotopic (exact) mass is 148 g/mol. The number of carboxylic acid groups (broad SMARTS) is 2. The molecule has 56 valence electrons. The number of hydrogen-bond acceptors (Lipinski definition) is 4. The Labute approximate surface area is 54.6 Å². The molecule has 6 heteroatoms. The third kappa shape index (κ3) is 1.66. The molecule has 6 nitrogen and oxygen atoms in total. The van der Waals surface area contributed by atoms with Crippen molar-refractivity contribution >= 4 is 11.9 Å². The molecule has 0 unspecified atom stereocenters. The molecule has 0 aliphatic carbocycles. The fourth-order valence-electron chi connectivity index (χ4n) is 0.203. The summed E-state index contributed by atoms with van der Waals surface area (Å²) in [7, 11) is 0. The first-order valence-corrected chi connectivity index (χ1v) is 2.05. The van der Waals surface area contributed by atoms with Gasteiger partial charge in [0.2, 0.25) is 0 Å². The highest BCUT2D eigenvalue weighted by Crippen LogP contribution is 1.96. The lowest BCUT2D eigenvalue weighted by Gasteiger charge is -1.92. The molecule has 0 atom stereocenters. The molecule has 0 aromatic carbocycles. The summed E-state index contributed by atoms with van der Waals surface area (Å²) < 4.78 is 0. The lowest BCUT2D eigenvalue weighted by molar-refractivity contribution is -0.140. The van der Waals surface area contributed by atoms with Gasteiger partial charge in [-0.05, 0) is 0 Å². The molecule has 0 aromatic heterocycles. The Morgan fingerprint density at radius 2 is 0.900 bits per heavy atom. The highest BCUT2D eigenvalue weighted by molar-refractivity contribution is 5.94. The van der Waals surface area contributed by atoms with E-state index in [9.17, 15) is 9.59 Å². The van der Waals surface area contributed by atoms with Crippen molar-refractivity contribution in [2.45, 2.75) is 0 Å². The molecule has 0 aliphatic rings. The standard InChI is InChI=1S/C4H4O6/c5-1(3(7)8)2(6)4(9)10/h5-6H,(H,7,8)(H,9,10)/b2-1+. The summed E-state index contributed by atoms with van der Waals surface area (Å²) in [6.45, 7) is 0. The summed E-state index contributed by atoms with van der Waals surface area (Å²) in [6.07, 6.45) is 0. The summed E-state index contributed by atoms with van der Waals surface area (Å²) in [5, 5.41) is 32.2. The maximum Gasteiger partial charge on any atom is 0.375 e. The predicted molar refractivity (Wildman–Crippen MR) is 27.6 cm³/mol. The molecule has 0 saturated carbocycles. The van der Waals surface area contributed by atoms with Crippen LogP contribution in [0.3, 0.4) is 0 Å². The minimum atomic E-state index is -1.89. The summed E-state index contributed by atoms with van der Waals surface area (Å²) >= 11 is 0. The Kier molecular flexibility index (Phi) is 2.25. The van der Waals surface area contributed by atoms with Crippen molar-refractivity contribution in [2.75, 3.05) is 0 Å². The van der Waals surface area contributed by atoms with Gasteiger partial charge in [-0.2, -0.15) is 0 Å². The Balaban J connectivity index is 4.67. The lowest BCUT2D eigenvalue weighted by atomic mass is 10.4. The van der Waals surface area contributed by atoms with E-state index in [1.54, 1.807) is 0 Å². The Morgan fingerprint density at radius 3 is 1.00 bits per heavy atom. The average molecular weight is 148 g/mol. The molecular weight excluding hydrogens is 144 g/mol. The van der Waals surface area contributed by atoms with E-state index in [0.29, 0.717) is 0 Å². The van der Waals surface area contributed by atoms with E-state index in [0.717, 1.165) is 0 Å². The molecule has 0 rings (SSSR count). The van der Waals surface area contributed by atoms with Crippen LogP contribution in [0.25, 0.3) is 0 Å². The Morgan fingerprint density at radius 1 is 0.700 bits per heavy atom. The number of aliphatic carboxylic acids is 2. The summed E-state index contributed by atoms with van der Waals surface area (Å²) in [4.78, 5) is 19.4. The third-order valence-electron chi connectivity index (χ3n) is 0.629. The normalized spacial score (nSPS) is 12.0. The van der Waals surface area contributed by atoms with Crippen LogP contribution in [-0.2, 0) is 9.59 Å². The van der Waals surface area contributed by atoms with Gasteiger partial charge in [-0.25, -0.2) is 9.59 Å². The Hall–Kier alpha value is -1.72. The summed E-state index contributed by atoms with van der Waals surface area (Å²) in [5.74, 6) is -6.93. The lowest BCUT2D eigenvalue weighted by Crippen LogP contribution is -2.10. The topological polar surface area (TPSA) is 115 Å². The van der Waals surface area contributed by atoms with Crippen molar-refractivity contribution < 1.29 is 30.0 Å². The number of carboxylic acids is 2. The molecule has 4 N–H and O–H groups in total. The van der Waals surface area contributed by atoms with Gasteiger partial charge in [-0.15, -0.1) is 0 Å². The molecule has 0 spiro atoms. The van der Waals surface area contributed by atoms with Gasteiger partial charge in [-0.3, -0.25) is 0 Å². The van der Waals surface area contributed by atoms with Crippen LogP contribution < -0.4 is 0 Å². The van der Waals surface area contributed by atoms with Crippen molar-refractivity contribution in [3.05, 3.63) is 11.5 Å². The van der Waals surface area contributed by atoms with Crippen molar-refractivity contribution in [1.82, 2.24) is 0 Å². The smallest absolute Gasteiger partial charge is 0.375 e. The van der Waals surface area contributed by atoms with Gasteiger partial charge >= 0.3 is 11.9 Å². The van der Waals surface area contributed by atoms with Crippen LogP contribution >= 0.6 is 0 Å². The quantitative estimate of drug-likeness (QED) is 0.309. The number of hydrogen-bond donors (Lipinski definition) is 4. The van der Waals surface area contributed by atoms with Gasteiger partial charge < -0.3 is 20.4 Å². The fourth-order valence-corrected chi connectivity index (χ4v) is 0.203. The van der Waals surface area contributed by atoms with Crippen molar-refractivity contribution in [3.63, 3.8) is 0 Å². The zero-order valence-corrected chi connectivity index (χ0v) is 4.61.